The maximum absolute atomic E-state index is 11.2. The first-order valence-electron chi connectivity index (χ1n) is 6.89. The minimum atomic E-state index is 0.557. The fourth-order valence-corrected chi connectivity index (χ4v) is 2.57. The highest BCUT2D eigenvalue weighted by Crippen LogP contribution is 2.19. The molecular formula is C16H23NOS. The van der Waals surface area contributed by atoms with E-state index in [1.807, 2.05) is 18.4 Å². The normalized spacial score (nSPS) is 11.6. The SMILES string of the molecule is CCCCCCc1c(C)cccc1C(C=O)=NSC. The summed E-state index contributed by atoms with van der Waals surface area (Å²) >= 11 is 1.33. The van der Waals surface area contributed by atoms with Crippen LogP contribution >= 0.6 is 11.9 Å². The Bertz CT molecular complexity index is 440. The number of nitrogens with zero attached hydrogens (tertiary/aromatic N) is 1. The molecule has 1 rings (SSSR count). The van der Waals surface area contributed by atoms with Crippen LogP contribution in [0.1, 0.15) is 49.3 Å². The van der Waals surface area contributed by atoms with Crippen molar-refractivity contribution >= 4 is 23.9 Å². The zero-order valence-corrected chi connectivity index (χ0v) is 12.9. The lowest BCUT2D eigenvalue weighted by Crippen LogP contribution is -2.07. The van der Waals surface area contributed by atoms with Crippen molar-refractivity contribution in [3.63, 3.8) is 0 Å². The van der Waals surface area contributed by atoms with Gasteiger partial charge in [-0.2, -0.15) is 0 Å². The van der Waals surface area contributed by atoms with Gasteiger partial charge in [-0.25, -0.2) is 4.40 Å². The Labute approximate surface area is 120 Å². The molecular weight excluding hydrogens is 254 g/mol. The molecule has 0 aliphatic heterocycles. The molecule has 0 spiro atoms. The fraction of sp³-hybridized carbons (Fsp3) is 0.500. The quantitative estimate of drug-likeness (QED) is 0.305. The standard InChI is InChI=1S/C16H23NOS/c1-4-5-6-7-10-14-13(2)9-8-11-15(14)16(12-18)17-19-3/h8-9,11-12H,4-7,10H2,1-3H3. The second-order valence-corrected chi connectivity index (χ2v) is 5.24. The molecule has 1 aromatic rings. The summed E-state index contributed by atoms with van der Waals surface area (Å²) < 4.78 is 4.22. The van der Waals surface area contributed by atoms with Crippen LogP contribution in [0, 0.1) is 6.92 Å². The van der Waals surface area contributed by atoms with Gasteiger partial charge in [0.05, 0.1) is 0 Å². The van der Waals surface area contributed by atoms with Crippen molar-refractivity contribution in [2.45, 2.75) is 46.0 Å². The molecule has 0 aromatic heterocycles. The van der Waals surface area contributed by atoms with Crippen LogP contribution < -0.4 is 0 Å². The first-order chi connectivity index (χ1) is 9.24. The molecule has 0 N–H and O–H groups in total. The van der Waals surface area contributed by atoms with E-state index in [4.69, 9.17) is 0 Å². The number of carbonyl (C=O) groups is 1. The maximum Gasteiger partial charge on any atom is 0.169 e. The van der Waals surface area contributed by atoms with Gasteiger partial charge in [-0.05, 0) is 42.8 Å². The van der Waals surface area contributed by atoms with E-state index in [-0.39, 0.29) is 0 Å². The summed E-state index contributed by atoms with van der Waals surface area (Å²) in [5.74, 6) is 0. The van der Waals surface area contributed by atoms with Gasteiger partial charge >= 0.3 is 0 Å². The molecule has 0 saturated heterocycles. The third-order valence-electron chi connectivity index (χ3n) is 3.27. The van der Waals surface area contributed by atoms with E-state index in [2.05, 4.69) is 24.3 Å². The molecule has 3 heteroatoms. The van der Waals surface area contributed by atoms with Crippen LogP contribution in [0.3, 0.4) is 0 Å². The molecule has 2 nitrogen and oxygen atoms in total. The van der Waals surface area contributed by atoms with E-state index in [0.717, 1.165) is 18.3 Å². The van der Waals surface area contributed by atoms with Crippen LogP contribution in [0.2, 0.25) is 0 Å². The van der Waals surface area contributed by atoms with Gasteiger partial charge in [0.25, 0.3) is 0 Å². The van der Waals surface area contributed by atoms with Gasteiger partial charge in [-0.15, -0.1) is 0 Å². The number of aldehydes is 1. The Balaban J connectivity index is 2.94. The second-order valence-electron chi connectivity index (χ2n) is 4.69. The molecule has 0 amide bonds. The molecule has 0 heterocycles. The smallest absolute Gasteiger partial charge is 0.169 e. The van der Waals surface area contributed by atoms with Crippen LogP contribution in [0.25, 0.3) is 0 Å². The summed E-state index contributed by atoms with van der Waals surface area (Å²) in [4.78, 5) is 11.2. The van der Waals surface area contributed by atoms with Gasteiger partial charge in [0, 0.05) is 11.8 Å². The molecule has 19 heavy (non-hydrogen) atoms. The molecule has 0 bridgehead atoms. The second kappa shape index (κ2) is 8.92. The lowest BCUT2D eigenvalue weighted by Gasteiger charge is -2.11. The summed E-state index contributed by atoms with van der Waals surface area (Å²) in [5, 5.41) is 0. The van der Waals surface area contributed by atoms with Gasteiger partial charge in [0.2, 0.25) is 0 Å². The Hall–Kier alpha value is -1.09. The van der Waals surface area contributed by atoms with Gasteiger partial charge < -0.3 is 0 Å². The van der Waals surface area contributed by atoms with Crippen LogP contribution in [-0.2, 0) is 11.2 Å². The highest BCUT2D eigenvalue weighted by molar-refractivity contribution is 7.97. The highest BCUT2D eigenvalue weighted by atomic mass is 32.2. The molecule has 0 atom stereocenters. The molecule has 104 valence electrons. The third kappa shape index (κ3) is 4.83. The summed E-state index contributed by atoms with van der Waals surface area (Å²) in [6.07, 6.45) is 8.72. The number of benzene rings is 1. The van der Waals surface area contributed by atoms with Gasteiger partial charge in [0.15, 0.2) is 6.29 Å². The third-order valence-corrected chi connectivity index (χ3v) is 3.65. The van der Waals surface area contributed by atoms with Gasteiger partial charge in [0.1, 0.15) is 5.71 Å². The van der Waals surface area contributed by atoms with Gasteiger partial charge in [-0.3, -0.25) is 4.79 Å². The average Bonchev–Trinajstić information content (AvgIpc) is 2.42. The molecule has 0 aliphatic carbocycles. The number of aryl methyl sites for hydroxylation is 1. The maximum atomic E-state index is 11.2. The summed E-state index contributed by atoms with van der Waals surface area (Å²) in [6.45, 7) is 4.33. The van der Waals surface area contributed by atoms with Crippen molar-refractivity contribution in [1.82, 2.24) is 0 Å². The molecule has 0 fully saturated rings. The van der Waals surface area contributed by atoms with Crippen LogP contribution in [-0.4, -0.2) is 18.3 Å². The lowest BCUT2D eigenvalue weighted by molar-refractivity contribution is -0.102. The lowest BCUT2D eigenvalue weighted by atomic mass is 9.94. The molecule has 1 aromatic carbocycles. The van der Waals surface area contributed by atoms with Crippen molar-refractivity contribution in [2.75, 3.05) is 6.26 Å². The molecule has 0 unspecified atom stereocenters. The van der Waals surface area contributed by atoms with Crippen LogP contribution in [0.5, 0.6) is 0 Å². The number of unbranched alkanes of at least 4 members (excludes halogenated alkanes) is 3. The Kier molecular flexibility index (Phi) is 7.49. The summed E-state index contributed by atoms with van der Waals surface area (Å²) in [7, 11) is 0. The zero-order valence-electron chi connectivity index (χ0n) is 12.1. The first kappa shape index (κ1) is 16.0. The van der Waals surface area contributed by atoms with Crippen LogP contribution in [0.4, 0.5) is 0 Å². The van der Waals surface area contributed by atoms with E-state index >= 15 is 0 Å². The van der Waals surface area contributed by atoms with Crippen molar-refractivity contribution in [3.8, 4) is 0 Å². The molecule has 0 saturated carbocycles. The topological polar surface area (TPSA) is 29.4 Å². The number of carbonyl (C=O) groups excluding carboxylic acids is 1. The summed E-state index contributed by atoms with van der Waals surface area (Å²) in [5.41, 5.74) is 4.09. The van der Waals surface area contributed by atoms with Crippen molar-refractivity contribution in [3.05, 3.63) is 34.9 Å². The minimum absolute atomic E-state index is 0.557. The van der Waals surface area contributed by atoms with E-state index in [0.29, 0.717) is 5.71 Å². The average molecular weight is 277 g/mol. The van der Waals surface area contributed by atoms with Crippen molar-refractivity contribution in [1.29, 1.82) is 0 Å². The van der Waals surface area contributed by atoms with E-state index in [1.165, 1.54) is 48.8 Å². The number of hydrogen-bond acceptors (Lipinski definition) is 3. The Morgan fingerprint density at radius 3 is 2.74 bits per heavy atom. The predicted octanol–water partition coefficient (Wildman–Crippen LogP) is 4.38. The predicted molar refractivity (Wildman–Crippen MR) is 85.1 cm³/mol. The van der Waals surface area contributed by atoms with Gasteiger partial charge in [-0.1, -0.05) is 44.4 Å². The fourth-order valence-electron chi connectivity index (χ4n) is 2.24. The van der Waals surface area contributed by atoms with Crippen molar-refractivity contribution < 1.29 is 4.79 Å². The number of hydrogen-bond donors (Lipinski definition) is 0. The monoisotopic (exact) mass is 277 g/mol. The molecule has 0 aliphatic rings. The van der Waals surface area contributed by atoms with E-state index in [1.54, 1.807) is 0 Å². The van der Waals surface area contributed by atoms with E-state index < -0.39 is 0 Å². The highest BCUT2D eigenvalue weighted by Gasteiger charge is 2.10. The zero-order chi connectivity index (χ0) is 14.1. The summed E-state index contributed by atoms with van der Waals surface area (Å²) in [6, 6.07) is 6.12. The van der Waals surface area contributed by atoms with Crippen molar-refractivity contribution in [2.24, 2.45) is 4.40 Å². The number of rotatable bonds is 8. The molecule has 0 radical (unpaired) electrons. The Morgan fingerprint density at radius 2 is 2.11 bits per heavy atom. The first-order valence-corrected chi connectivity index (χ1v) is 8.08. The van der Waals surface area contributed by atoms with Crippen LogP contribution in [0.15, 0.2) is 22.6 Å². The Morgan fingerprint density at radius 1 is 1.32 bits per heavy atom. The van der Waals surface area contributed by atoms with E-state index in [9.17, 15) is 4.79 Å². The largest absolute Gasteiger partial charge is 0.296 e. The minimum Gasteiger partial charge on any atom is -0.296 e.